The maximum absolute atomic E-state index is 11.9. The van der Waals surface area contributed by atoms with Crippen molar-refractivity contribution in [3.05, 3.63) is 35.4 Å². The first-order chi connectivity index (χ1) is 8.60. The van der Waals surface area contributed by atoms with Crippen LogP contribution in [0.5, 0.6) is 0 Å². The van der Waals surface area contributed by atoms with Gasteiger partial charge in [-0.05, 0) is 17.9 Å². The summed E-state index contributed by atoms with van der Waals surface area (Å²) in [5, 5.41) is 9.83. The number of rotatable bonds is 5. The summed E-state index contributed by atoms with van der Waals surface area (Å²) in [6.07, 6.45) is -0.709. The Morgan fingerprint density at radius 2 is 1.95 bits per heavy atom. The van der Waals surface area contributed by atoms with Crippen LogP contribution in [-0.4, -0.2) is 26.2 Å². The largest absolute Gasteiger partial charge is 0.391 e. The highest BCUT2D eigenvalue weighted by atomic mass is 32.2. The highest BCUT2D eigenvalue weighted by Gasteiger charge is 2.23. The molecule has 2 N–H and O–H groups in total. The SMILES string of the molecule is Cc1cccc(CS(=O)(=O)NCC(O)C(C)(C)C)c1. The van der Waals surface area contributed by atoms with Crippen LogP contribution in [0.2, 0.25) is 0 Å². The van der Waals surface area contributed by atoms with E-state index in [1.807, 2.05) is 45.9 Å². The van der Waals surface area contributed by atoms with Gasteiger partial charge in [0.05, 0.1) is 11.9 Å². The highest BCUT2D eigenvalue weighted by Crippen LogP contribution is 2.18. The van der Waals surface area contributed by atoms with Crippen molar-refractivity contribution in [2.45, 2.75) is 39.6 Å². The van der Waals surface area contributed by atoms with Crippen molar-refractivity contribution in [3.63, 3.8) is 0 Å². The van der Waals surface area contributed by atoms with E-state index in [2.05, 4.69) is 4.72 Å². The van der Waals surface area contributed by atoms with Crippen molar-refractivity contribution in [1.82, 2.24) is 4.72 Å². The molecular weight excluding hydrogens is 262 g/mol. The smallest absolute Gasteiger partial charge is 0.215 e. The van der Waals surface area contributed by atoms with Gasteiger partial charge in [-0.3, -0.25) is 0 Å². The predicted octanol–water partition coefficient (Wildman–Crippen LogP) is 1.82. The van der Waals surface area contributed by atoms with Crippen molar-refractivity contribution in [3.8, 4) is 0 Å². The second kappa shape index (κ2) is 6.03. The average Bonchev–Trinajstić information content (AvgIpc) is 2.24. The van der Waals surface area contributed by atoms with E-state index in [1.165, 1.54) is 0 Å². The van der Waals surface area contributed by atoms with Crippen LogP contribution in [0.3, 0.4) is 0 Å². The van der Waals surface area contributed by atoms with Crippen LogP contribution in [-0.2, 0) is 15.8 Å². The lowest BCUT2D eigenvalue weighted by molar-refractivity contribution is 0.0677. The Morgan fingerprint density at radius 3 is 2.47 bits per heavy atom. The lowest BCUT2D eigenvalue weighted by atomic mass is 9.89. The third kappa shape index (κ3) is 5.72. The maximum Gasteiger partial charge on any atom is 0.215 e. The van der Waals surface area contributed by atoms with Gasteiger partial charge in [-0.15, -0.1) is 0 Å². The number of aliphatic hydroxyl groups is 1. The maximum atomic E-state index is 11.9. The number of benzene rings is 1. The molecule has 5 heteroatoms. The van der Waals surface area contributed by atoms with Crippen LogP contribution in [0.1, 0.15) is 31.9 Å². The Bertz CT molecular complexity index is 518. The number of hydrogen-bond acceptors (Lipinski definition) is 3. The number of hydrogen-bond donors (Lipinski definition) is 2. The van der Waals surface area contributed by atoms with E-state index in [9.17, 15) is 13.5 Å². The predicted molar refractivity (Wildman–Crippen MR) is 77.3 cm³/mol. The van der Waals surface area contributed by atoms with Crippen LogP contribution >= 0.6 is 0 Å². The van der Waals surface area contributed by atoms with Gasteiger partial charge < -0.3 is 5.11 Å². The monoisotopic (exact) mass is 285 g/mol. The second-order valence-electron chi connectivity index (χ2n) is 5.98. The fourth-order valence-electron chi connectivity index (χ4n) is 1.58. The molecular formula is C14H23NO3S. The summed E-state index contributed by atoms with van der Waals surface area (Å²) in [5.74, 6) is -0.0639. The molecule has 0 aliphatic carbocycles. The molecule has 0 radical (unpaired) electrons. The molecule has 0 heterocycles. The lowest BCUT2D eigenvalue weighted by Crippen LogP contribution is -2.39. The number of aliphatic hydroxyl groups excluding tert-OH is 1. The van der Waals surface area contributed by atoms with Gasteiger partial charge in [0.2, 0.25) is 10.0 Å². The van der Waals surface area contributed by atoms with E-state index in [0.717, 1.165) is 11.1 Å². The van der Waals surface area contributed by atoms with Gasteiger partial charge >= 0.3 is 0 Å². The average molecular weight is 285 g/mol. The van der Waals surface area contributed by atoms with E-state index >= 15 is 0 Å². The topological polar surface area (TPSA) is 66.4 Å². The summed E-state index contributed by atoms with van der Waals surface area (Å²) in [7, 11) is -3.42. The summed E-state index contributed by atoms with van der Waals surface area (Å²) in [6.45, 7) is 7.57. The third-order valence-corrected chi connectivity index (χ3v) is 4.26. The van der Waals surface area contributed by atoms with E-state index in [0.29, 0.717) is 0 Å². The summed E-state index contributed by atoms with van der Waals surface area (Å²) in [6, 6.07) is 7.39. The van der Waals surface area contributed by atoms with Gasteiger partial charge in [-0.1, -0.05) is 50.6 Å². The molecule has 4 nitrogen and oxygen atoms in total. The first-order valence-corrected chi connectivity index (χ1v) is 7.96. The lowest BCUT2D eigenvalue weighted by Gasteiger charge is -2.25. The van der Waals surface area contributed by atoms with Crippen molar-refractivity contribution in [1.29, 1.82) is 0 Å². The number of nitrogens with one attached hydrogen (secondary N) is 1. The molecule has 0 aliphatic rings. The zero-order chi connectivity index (χ0) is 14.7. The van der Waals surface area contributed by atoms with Gasteiger partial charge in [-0.2, -0.15) is 0 Å². The number of sulfonamides is 1. The zero-order valence-electron chi connectivity index (χ0n) is 12.0. The van der Waals surface area contributed by atoms with Crippen molar-refractivity contribution in [2.24, 2.45) is 5.41 Å². The fourth-order valence-corrected chi connectivity index (χ4v) is 2.72. The molecule has 1 aromatic carbocycles. The molecule has 0 saturated carbocycles. The van der Waals surface area contributed by atoms with Gasteiger partial charge in [-0.25, -0.2) is 13.1 Å². The summed E-state index contributed by atoms with van der Waals surface area (Å²) >= 11 is 0. The molecule has 19 heavy (non-hydrogen) atoms. The molecule has 1 unspecified atom stereocenters. The van der Waals surface area contributed by atoms with Crippen LogP contribution in [0, 0.1) is 12.3 Å². The Hall–Kier alpha value is -0.910. The van der Waals surface area contributed by atoms with Crippen molar-refractivity contribution >= 4 is 10.0 Å². The molecule has 0 amide bonds. The summed E-state index contributed by atoms with van der Waals surface area (Å²) in [4.78, 5) is 0. The first kappa shape index (κ1) is 16.1. The van der Waals surface area contributed by atoms with E-state index < -0.39 is 16.1 Å². The van der Waals surface area contributed by atoms with Gasteiger partial charge in [0.1, 0.15) is 0 Å². The second-order valence-corrected chi connectivity index (χ2v) is 7.79. The summed E-state index contributed by atoms with van der Waals surface area (Å²) < 4.78 is 26.3. The van der Waals surface area contributed by atoms with E-state index in [4.69, 9.17) is 0 Å². The van der Waals surface area contributed by atoms with Crippen molar-refractivity contribution in [2.75, 3.05) is 6.54 Å². The number of aryl methyl sites for hydroxylation is 1. The van der Waals surface area contributed by atoms with Crippen LogP contribution < -0.4 is 4.72 Å². The van der Waals surface area contributed by atoms with Gasteiger partial charge in [0.25, 0.3) is 0 Å². The summed E-state index contributed by atoms with van der Waals surface area (Å²) in [5.41, 5.74) is 1.44. The van der Waals surface area contributed by atoms with Gasteiger partial charge in [0, 0.05) is 6.54 Å². The highest BCUT2D eigenvalue weighted by molar-refractivity contribution is 7.88. The Balaban J connectivity index is 2.63. The normalized spacial score (nSPS) is 14.4. The molecule has 0 saturated heterocycles. The molecule has 0 bridgehead atoms. The Morgan fingerprint density at radius 1 is 1.32 bits per heavy atom. The van der Waals surface area contributed by atoms with Crippen LogP contribution in [0.4, 0.5) is 0 Å². The molecule has 1 atom stereocenters. The molecule has 0 spiro atoms. The third-order valence-electron chi connectivity index (χ3n) is 2.94. The first-order valence-electron chi connectivity index (χ1n) is 6.31. The van der Waals surface area contributed by atoms with Crippen LogP contribution in [0.15, 0.2) is 24.3 Å². The Kier molecular flexibility index (Phi) is 5.12. The minimum atomic E-state index is -3.42. The molecule has 108 valence electrons. The minimum absolute atomic E-state index is 0.0393. The quantitative estimate of drug-likeness (QED) is 0.867. The van der Waals surface area contributed by atoms with Crippen LogP contribution in [0.25, 0.3) is 0 Å². The molecule has 0 fully saturated rings. The minimum Gasteiger partial charge on any atom is -0.391 e. The fraction of sp³-hybridized carbons (Fsp3) is 0.571. The van der Waals surface area contributed by atoms with E-state index in [-0.39, 0.29) is 17.7 Å². The van der Waals surface area contributed by atoms with Gasteiger partial charge in [0.15, 0.2) is 0 Å². The zero-order valence-corrected chi connectivity index (χ0v) is 12.8. The Labute approximate surface area is 115 Å². The molecule has 1 rings (SSSR count). The molecule has 1 aromatic rings. The van der Waals surface area contributed by atoms with E-state index in [1.54, 1.807) is 6.07 Å². The molecule has 0 aliphatic heterocycles. The standard InChI is InChI=1S/C14H23NO3S/c1-11-6-5-7-12(8-11)10-19(17,18)15-9-13(16)14(2,3)4/h5-8,13,15-16H,9-10H2,1-4H3. The van der Waals surface area contributed by atoms with Crippen molar-refractivity contribution < 1.29 is 13.5 Å². The molecule has 0 aromatic heterocycles.